The Labute approximate surface area is 156 Å². The van der Waals surface area contributed by atoms with Gasteiger partial charge in [0.25, 0.3) is 0 Å². The van der Waals surface area contributed by atoms with E-state index in [0.717, 1.165) is 16.6 Å². The maximum atomic E-state index is 12.9. The van der Waals surface area contributed by atoms with E-state index in [4.69, 9.17) is 9.47 Å². The van der Waals surface area contributed by atoms with Gasteiger partial charge in [0.2, 0.25) is 0 Å². The number of thiophene rings is 1. The molecule has 0 aliphatic carbocycles. The summed E-state index contributed by atoms with van der Waals surface area (Å²) in [6.07, 6.45) is -0.469. The van der Waals surface area contributed by atoms with Crippen molar-refractivity contribution in [2.75, 3.05) is 6.61 Å². The van der Waals surface area contributed by atoms with Crippen LogP contribution in [0, 0.1) is 0 Å². The lowest BCUT2D eigenvalue weighted by atomic mass is 10.1. The second-order valence-corrected chi connectivity index (χ2v) is 7.83. The second kappa shape index (κ2) is 6.96. The summed E-state index contributed by atoms with van der Waals surface area (Å²) in [5.74, 6) is -0.384. The van der Waals surface area contributed by atoms with E-state index in [9.17, 15) is 9.59 Å². The molecule has 136 valence electrons. The van der Waals surface area contributed by atoms with E-state index in [-0.39, 0.29) is 5.97 Å². The number of fused-ring (bicyclic) bond motifs is 1. The normalized spacial score (nSPS) is 11.5. The first-order valence-corrected chi connectivity index (χ1v) is 9.23. The van der Waals surface area contributed by atoms with Gasteiger partial charge in [0.1, 0.15) is 15.3 Å². The Morgan fingerprint density at radius 1 is 1.12 bits per heavy atom. The Morgan fingerprint density at radius 3 is 2.42 bits per heavy atom. The Hall–Kier alpha value is -2.60. The zero-order valence-corrected chi connectivity index (χ0v) is 16.1. The lowest BCUT2D eigenvalue weighted by Crippen LogP contribution is -2.27. The fraction of sp³-hybridized carbons (Fsp3) is 0.300. The quantitative estimate of drug-likeness (QED) is 0.584. The monoisotopic (exact) mass is 371 g/mol. The molecule has 6 heteroatoms. The van der Waals surface area contributed by atoms with E-state index in [0.29, 0.717) is 16.3 Å². The van der Waals surface area contributed by atoms with Crippen molar-refractivity contribution in [3.05, 3.63) is 47.3 Å². The van der Waals surface area contributed by atoms with Gasteiger partial charge in [-0.3, -0.25) is 0 Å². The number of carbonyl (C=O) groups excluding carboxylic acids is 2. The van der Waals surface area contributed by atoms with Gasteiger partial charge in [0, 0.05) is 5.39 Å². The molecule has 2 aromatic heterocycles. The Bertz CT molecular complexity index is 948. The molecule has 3 aromatic rings. The van der Waals surface area contributed by atoms with E-state index in [2.05, 4.69) is 0 Å². The molecule has 0 aliphatic heterocycles. The third kappa shape index (κ3) is 3.65. The van der Waals surface area contributed by atoms with Gasteiger partial charge in [0.05, 0.1) is 12.3 Å². The maximum absolute atomic E-state index is 12.9. The molecule has 1 aromatic carbocycles. The number of ether oxygens (including phenoxy) is 2. The van der Waals surface area contributed by atoms with Crippen LogP contribution in [0.3, 0.4) is 0 Å². The van der Waals surface area contributed by atoms with E-state index < -0.39 is 11.7 Å². The van der Waals surface area contributed by atoms with Crippen molar-refractivity contribution in [3.63, 3.8) is 0 Å². The predicted octanol–water partition coefficient (Wildman–Crippen LogP) is 5.33. The van der Waals surface area contributed by atoms with Crippen molar-refractivity contribution in [1.29, 1.82) is 0 Å². The minimum atomic E-state index is -0.622. The van der Waals surface area contributed by atoms with Crippen molar-refractivity contribution in [2.45, 2.75) is 33.3 Å². The zero-order valence-electron chi connectivity index (χ0n) is 15.2. The topological polar surface area (TPSA) is 57.5 Å². The first-order chi connectivity index (χ1) is 12.3. The number of esters is 1. The van der Waals surface area contributed by atoms with Crippen LogP contribution in [0.1, 0.15) is 37.4 Å². The molecule has 0 radical (unpaired) electrons. The molecule has 0 bridgehead atoms. The molecule has 0 aliphatic rings. The van der Waals surface area contributed by atoms with Crippen LogP contribution in [-0.2, 0) is 9.47 Å². The van der Waals surface area contributed by atoms with Gasteiger partial charge in [-0.25, -0.2) is 14.2 Å². The average molecular weight is 371 g/mol. The van der Waals surface area contributed by atoms with Gasteiger partial charge in [-0.05, 0) is 45.4 Å². The summed E-state index contributed by atoms with van der Waals surface area (Å²) in [6.45, 7) is 7.55. The molecular formula is C20H21NO4S. The molecule has 0 saturated carbocycles. The minimum absolute atomic E-state index is 0.308. The minimum Gasteiger partial charge on any atom is -0.462 e. The number of carbonyl (C=O) groups is 2. The standard InChI is InChI=1S/C20H21NO4S/c1-5-24-18(22)16-12-14-11-15(13-9-7-6-8-10-13)21(17(14)26-16)19(23)25-20(2,3)4/h6-12H,5H2,1-4H3. The van der Waals surface area contributed by atoms with Crippen molar-refractivity contribution in [2.24, 2.45) is 0 Å². The molecule has 26 heavy (non-hydrogen) atoms. The van der Waals surface area contributed by atoms with Crippen molar-refractivity contribution < 1.29 is 19.1 Å². The Balaban J connectivity index is 2.15. The molecule has 0 fully saturated rings. The van der Waals surface area contributed by atoms with Crippen molar-refractivity contribution in [1.82, 2.24) is 4.57 Å². The number of nitrogens with zero attached hydrogens (tertiary/aromatic N) is 1. The zero-order chi connectivity index (χ0) is 18.9. The maximum Gasteiger partial charge on any atom is 0.420 e. The molecule has 0 unspecified atom stereocenters. The SMILES string of the molecule is CCOC(=O)c1cc2cc(-c3ccccc3)n(C(=O)OC(C)(C)C)c2s1. The van der Waals surface area contributed by atoms with E-state index in [1.807, 2.05) is 57.2 Å². The van der Waals surface area contributed by atoms with Crippen LogP contribution in [0.4, 0.5) is 4.79 Å². The fourth-order valence-corrected chi connectivity index (χ4v) is 3.64. The van der Waals surface area contributed by atoms with Crippen LogP contribution in [0.2, 0.25) is 0 Å². The molecule has 2 heterocycles. The molecule has 0 atom stereocenters. The third-order valence-electron chi connectivity index (χ3n) is 3.60. The van der Waals surface area contributed by atoms with Gasteiger partial charge < -0.3 is 9.47 Å². The van der Waals surface area contributed by atoms with Gasteiger partial charge in [-0.1, -0.05) is 30.3 Å². The summed E-state index contributed by atoms with van der Waals surface area (Å²) in [6, 6.07) is 13.3. The highest BCUT2D eigenvalue weighted by Gasteiger charge is 2.25. The van der Waals surface area contributed by atoms with Gasteiger partial charge in [0.15, 0.2) is 0 Å². The van der Waals surface area contributed by atoms with Crippen molar-refractivity contribution >= 4 is 33.6 Å². The molecular weight excluding hydrogens is 350 g/mol. The molecule has 0 spiro atoms. The summed E-state index contributed by atoms with van der Waals surface area (Å²) < 4.78 is 12.2. The average Bonchev–Trinajstić information content (AvgIpc) is 3.11. The lowest BCUT2D eigenvalue weighted by molar-refractivity contribution is 0.0526. The van der Waals surface area contributed by atoms with Crippen LogP contribution < -0.4 is 0 Å². The molecule has 5 nitrogen and oxygen atoms in total. The van der Waals surface area contributed by atoms with Crippen molar-refractivity contribution in [3.8, 4) is 11.3 Å². The molecule has 0 saturated heterocycles. The molecule has 3 rings (SSSR count). The number of aromatic nitrogens is 1. The third-order valence-corrected chi connectivity index (χ3v) is 4.71. The fourth-order valence-electron chi connectivity index (χ4n) is 2.61. The first-order valence-electron chi connectivity index (χ1n) is 8.41. The van der Waals surface area contributed by atoms with Gasteiger partial charge in [-0.15, -0.1) is 11.3 Å². The number of hydrogen-bond donors (Lipinski definition) is 0. The highest BCUT2D eigenvalue weighted by molar-refractivity contribution is 7.20. The van der Waals surface area contributed by atoms with Crippen LogP contribution >= 0.6 is 11.3 Å². The van der Waals surface area contributed by atoms with E-state index in [1.165, 1.54) is 15.9 Å². The number of rotatable bonds is 3. The first kappa shape index (κ1) is 18.2. The number of benzene rings is 1. The highest BCUT2D eigenvalue weighted by atomic mass is 32.1. The molecule has 0 amide bonds. The lowest BCUT2D eigenvalue weighted by Gasteiger charge is -2.20. The summed E-state index contributed by atoms with van der Waals surface area (Å²) >= 11 is 1.23. The summed E-state index contributed by atoms with van der Waals surface area (Å²) in [7, 11) is 0. The second-order valence-electron chi connectivity index (χ2n) is 6.80. The van der Waals surface area contributed by atoms with Crippen LogP contribution in [-0.4, -0.2) is 28.8 Å². The summed E-state index contributed by atoms with van der Waals surface area (Å²) in [4.78, 5) is 26.0. The summed E-state index contributed by atoms with van der Waals surface area (Å²) in [5.41, 5.74) is 1.01. The Kier molecular flexibility index (Phi) is 4.87. The predicted molar refractivity (Wildman–Crippen MR) is 103 cm³/mol. The molecule has 0 N–H and O–H groups in total. The van der Waals surface area contributed by atoms with Gasteiger partial charge in [-0.2, -0.15) is 0 Å². The largest absolute Gasteiger partial charge is 0.462 e. The van der Waals surface area contributed by atoms with Crippen LogP contribution in [0.15, 0.2) is 42.5 Å². The van der Waals surface area contributed by atoms with Gasteiger partial charge >= 0.3 is 12.1 Å². The van der Waals surface area contributed by atoms with Crippen LogP contribution in [0.5, 0.6) is 0 Å². The van der Waals surface area contributed by atoms with E-state index >= 15 is 0 Å². The summed E-state index contributed by atoms with van der Waals surface area (Å²) in [5, 5.41) is 0.808. The van der Waals surface area contributed by atoms with Crippen LogP contribution in [0.25, 0.3) is 21.5 Å². The highest BCUT2D eigenvalue weighted by Crippen LogP contribution is 2.35. The van der Waals surface area contributed by atoms with E-state index in [1.54, 1.807) is 13.0 Å². The Morgan fingerprint density at radius 2 is 1.81 bits per heavy atom. The smallest absolute Gasteiger partial charge is 0.420 e. The number of hydrogen-bond acceptors (Lipinski definition) is 5.